The number of aliphatic imine (C=N–C) groups is 1. The number of ether oxygens (including phenoxy) is 2. The summed E-state index contributed by atoms with van der Waals surface area (Å²) in [7, 11) is 4.21. The second-order valence-electron chi connectivity index (χ2n) is 6.55. The second kappa shape index (κ2) is 7.87. The smallest absolute Gasteiger partial charge is 0.257 e. The van der Waals surface area contributed by atoms with Gasteiger partial charge in [0.15, 0.2) is 23.1 Å². The summed E-state index contributed by atoms with van der Waals surface area (Å²) in [4.78, 5) is 18.7. The van der Waals surface area contributed by atoms with Gasteiger partial charge in [-0.2, -0.15) is 0 Å². The molecule has 7 nitrogen and oxygen atoms in total. The van der Waals surface area contributed by atoms with E-state index in [9.17, 15) is 13.6 Å². The number of amidine groups is 1. The summed E-state index contributed by atoms with van der Waals surface area (Å²) in [5.74, 6) is -2.67. The van der Waals surface area contributed by atoms with Crippen LogP contribution >= 0.6 is 0 Å². The number of hydrogen-bond acceptors (Lipinski definition) is 6. The van der Waals surface area contributed by atoms with Crippen molar-refractivity contribution < 1.29 is 23.0 Å². The summed E-state index contributed by atoms with van der Waals surface area (Å²) >= 11 is 0. The van der Waals surface area contributed by atoms with E-state index in [1.54, 1.807) is 18.0 Å². The molecule has 3 rings (SSSR count). The van der Waals surface area contributed by atoms with Crippen LogP contribution < -0.4 is 20.1 Å². The molecule has 28 heavy (non-hydrogen) atoms. The minimum absolute atomic E-state index is 0.0492. The number of methoxy groups -OCH3 is 2. The number of nitrogens with zero attached hydrogens (tertiary/aromatic N) is 2. The van der Waals surface area contributed by atoms with Gasteiger partial charge in [0.1, 0.15) is 18.2 Å². The Bertz CT molecular complexity index is 850. The first kappa shape index (κ1) is 19.7. The Kier molecular flexibility index (Phi) is 5.53. The van der Waals surface area contributed by atoms with E-state index in [-0.39, 0.29) is 17.1 Å². The highest BCUT2D eigenvalue weighted by Crippen LogP contribution is 2.35. The van der Waals surface area contributed by atoms with Crippen molar-refractivity contribution in [3.63, 3.8) is 0 Å². The molecule has 0 aromatic heterocycles. The highest BCUT2D eigenvalue weighted by atomic mass is 19.1. The molecule has 150 valence electrons. The predicted octanol–water partition coefficient (Wildman–Crippen LogP) is 2.41. The van der Waals surface area contributed by atoms with E-state index in [1.165, 1.54) is 14.2 Å². The van der Waals surface area contributed by atoms with Gasteiger partial charge in [0.25, 0.3) is 5.91 Å². The first-order valence-electron chi connectivity index (χ1n) is 8.70. The SMILES string of the molecule is C=C(C(=O)Nc1c(F)c(OC)cc(OC)c1F)C1=CC(NC2CC2)=NCN1C. The zero-order chi connectivity index (χ0) is 20.4. The van der Waals surface area contributed by atoms with Gasteiger partial charge in [-0.1, -0.05) is 6.58 Å². The van der Waals surface area contributed by atoms with Gasteiger partial charge >= 0.3 is 0 Å². The van der Waals surface area contributed by atoms with Crippen LogP contribution in [-0.2, 0) is 4.79 Å². The maximum Gasteiger partial charge on any atom is 0.257 e. The molecule has 1 aliphatic carbocycles. The molecule has 0 spiro atoms. The summed E-state index contributed by atoms with van der Waals surface area (Å²) in [6.07, 6.45) is 3.86. The molecule has 0 bridgehead atoms. The standard InChI is InChI=1S/C19H22F2N4O3/c1-10(12-7-15(22-9-25(12)2)23-11-5-6-11)19(26)24-18-16(20)13(27-3)8-14(28-4)17(18)21/h7-8,11H,1,5-6,9H2,2-4H3,(H,22,23)(H,24,26). The van der Waals surface area contributed by atoms with Crippen LogP contribution in [0, 0.1) is 11.6 Å². The Morgan fingerprint density at radius 2 is 1.86 bits per heavy atom. The van der Waals surface area contributed by atoms with Crippen LogP contribution in [-0.4, -0.2) is 50.6 Å². The molecule has 1 aromatic rings. The van der Waals surface area contributed by atoms with Crippen molar-refractivity contribution in [3.8, 4) is 11.5 Å². The molecule has 2 aliphatic rings. The molecule has 0 radical (unpaired) electrons. The van der Waals surface area contributed by atoms with Gasteiger partial charge in [-0.25, -0.2) is 13.8 Å². The zero-order valence-electron chi connectivity index (χ0n) is 15.9. The van der Waals surface area contributed by atoms with Crippen LogP contribution in [0.4, 0.5) is 14.5 Å². The van der Waals surface area contributed by atoms with Crippen LogP contribution in [0.5, 0.6) is 11.5 Å². The zero-order valence-corrected chi connectivity index (χ0v) is 15.9. The fraction of sp³-hybridized carbons (Fsp3) is 0.368. The Labute approximate surface area is 161 Å². The molecular formula is C19H22F2N4O3. The molecule has 1 fully saturated rings. The van der Waals surface area contributed by atoms with E-state index in [0.717, 1.165) is 18.9 Å². The monoisotopic (exact) mass is 392 g/mol. The molecule has 1 aliphatic heterocycles. The number of nitrogens with one attached hydrogen (secondary N) is 2. The van der Waals surface area contributed by atoms with E-state index >= 15 is 0 Å². The third-order valence-electron chi connectivity index (χ3n) is 4.46. The average Bonchev–Trinajstić information content (AvgIpc) is 3.50. The molecule has 1 heterocycles. The van der Waals surface area contributed by atoms with Crippen molar-refractivity contribution in [2.75, 3.05) is 33.3 Å². The number of carbonyl (C=O) groups is 1. The number of benzene rings is 1. The van der Waals surface area contributed by atoms with Gasteiger partial charge in [0.2, 0.25) is 0 Å². The van der Waals surface area contributed by atoms with E-state index in [4.69, 9.17) is 9.47 Å². The van der Waals surface area contributed by atoms with E-state index in [2.05, 4.69) is 22.2 Å². The van der Waals surface area contributed by atoms with Crippen molar-refractivity contribution in [1.29, 1.82) is 0 Å². The summed E-state index contributed by atoms with van der Waals surface area (Å²) in [5.41, 5.74) is -0.106. The van der Waals surface area contributed by atoms with Gasteiger partial charge in [-0.05, 0) is 12.8 Å². The lowest BCUT2D eigenvalue weighted by Crippen LogP contribution is -2.34. The third kappa shape index (κ3) is 3.92. The van der Waals surface area contributed by atoms with Crippen LogP contribution in [0.1, 0.15) is 12.8 Å². The predicted molar refractivity (Wildman–Crippen MR) is 102 cm³/mol. The number of anilines is 1. The van der Waals surface area contributed by atoms with Gasteiger partial charge in [-0.15, -0.1) is 0 Å². The van der Waals surface area contributed by atoms with Gasteiger partial charge in [-0.3, -0.25) is 4.79 Å². The highest BCUT2D eigenvalue weighted by Gasteiger charge is 2.27. The molecular weight excluding hydrogens is 370 g/mol. The summed E-state index contributed by atoms with van der Waals surface area (Å²) in [6, 6.07) is 1.47. The Balaban J connectivity index is 1.83. The molecule has 1 saturated carbocycles. The fourth-order valence-electron chi connectivity index (χ4n) is 2.69. The topological polar surface area (TPSA) is 75.2 Å². The molecule has 0 unspecified atom stereocenters. The van der Waals surface area contributed by atoms with Crippen molar-refractivity contribution in [3.05, 3.63) is 41.6 Å². The maximum absolute atomic E-state index is 14.5. The highest BCUT2D eigenvalue weighted by molar-refractivity contribution is 6.08. The third-order valence-corrected chi connectivity index (χ3v) is 4.46. The van der Waals surface area contributed by atoms with Crippen LogP contribution in [0.15, 0.2) is 35.0 Å². The molecule has 0 saturated heterocycles. The number of likely N-dealkylation sites (N-methyl/N-ethyl adjacent to an activating group) is 1. The van der Waals surface area contributed by atoms with Crippen molar-refractivity contribution in [2.24, 2.45) is 4.99 Å². The number of carbonyl (C=O) groups excluding carboxylic acids is 1. The first-order valence-corrected chi connectivity index (χ1v) is 8.70. The lowest BCUT2D eigenvalue weighted by molar-refractivity contribution is -0.112. The normalized spacial score (nSPS) is 16.1. The molecule has 2 N–H and O–H groups in total. The Hall–Kier alpha value is -3.10. The van der Waals surface area contributed by atoms with Gasteiger partial charge < -0.3 is 25.0 Å². The number of hydrogen-bond donors (Lipinski definition) is 2. The van der Waals surface area contributed by atoms with Crippen LogP contribution in [0.25, 0.3) is 0 Å². The summed E-state index contributed by atoms with van der Waals surface area (Å²) in [6.45, 7) is 4.12. The minimum atomic E-state index is -1.04. The van der Waals surface area contributed by atoms with Crippen LogP contribution in [0.3, 0.4) is 0 Å². The van der Waals surface area contributed by atoms with Crippen molar-refractivity contribution >= 4 is 17.4 Å². The van der Waals surface area contributed by atoms with E-state index < -0.39 is 23.2 Å². The number of rotatable bonds is 6. The molecule has 0 atom stereocenters. The number of amides is 1. The molecule has 1 amide bonds. The number of halogens is 2. The summed E-state index contributed by atoms with van der Waals surface area (Å²) in [5, 5.41) is 5.49. The fourth-order valence-corrected chi connectivity index (χ4v) is 2.69. The lowest BCUT2D eigenvalue weighted by atomic mass is 10.1. The largest absolute Gasteiger partial charge is 0.493 e. The van der Waals surface area contributed by atoms with E-state index in [0.29, 0.717) is 24.2 Å². The van der Waals surface area contributed by atoms with Crippen molar-refractivity contribution in [1.82, 2.24) is 10.2 Å². The quantitative estimate of drug-likeness (QED) is 0.728. The molecule has 9 heteroatoms. The van der Waals surface area contributed by atoms with Gasteiger partial charge in [0.05, 0.1) is 25.5 Å². The lowest BCUT2D eigenvalue weighted by Gasteiger charge is -2.26. The Morgan fingerprint density at radius 3 is 2.39 bits per heavy atom. The first-order chi connectivity index (χ1) is 13.3. The van der Waals surface area contributed by atoms with E-state index in [1.807, 2.05) is 0 Å². The van der Waals surface area contributed by atoms with Crippen molar-refractivity contribution in [2.45, 2.75) is 18.9 Å². The average molecular weight is 392 g/mol. The van der Waals surface area contributed by atoms with Crippen LogP contribution in [0.2, 0.25) is 0 Å². The maximum atomic E-state index is 14.5. The Morgan fingerprint density at radius 1 is 1.25 bits per heavy atom. The minimum Gasteiger partial charge on any atom is -0.493 e. The summed E-state index contributed by atoms with van der Waals surface area (Å²) < 4.78 is 38.7. The van der Waals surface area contributed by atoms with Gasteiger partial charge in [0, 0.05) is 25.2 Å². The second-order valence-corrected chi connectivity index (χ2v) is 6.55. The molecule has 1 aromatic carbocycles.